The van der Waals surface area contributed by atoms with Crippen molar-refractivity contribution in [3.8, 4) is 0 Å². The van der Waals surface area contributed by atoms with Crippen LogP contribution in [0.2, 0.25) is 0 Å². The Morgan fingerprint density at radius 1 is 1.11 bits per heavy atom. The Balaban J connectivity index is 1.57. The van der Waals surface area contributed by atoms with Gasteiger partial charge in [0, 0.05) is 12.6 Å². The van der Waals surface area contributed by atoms with Crippen LogP contribution in [0.4, 0.5) is 17.1 Å². The summed E-state index contributed by atoms with van der Waals surface area (Å²) in [6.45, 7) is 2.13. The zero-order valence-corrected chi connectivity index (χ0v) is 16.2. The summed E-state index contributed by atoms with van der Waals surface area (Å²) in [6, 6.07) is 16.2. The van der Waals surface area contributed by atoms with Crippen molar-refractivity contribution in [2.24, 2.45) is 4.99 Å². The molecule has 2 aliphatic rings. The van der Waals surface area contributed by atoms with Crippen LogP contribution in [0.5, 0.6) is 0 Å². The lowest BCUT2D eigenvalue weighted by atomic mass is 9.87. The highest BCUT2D eigenvalue weighted by Gasteiger charge is 2.40. The van der Waals surface area contributed by atoms with Crippen molar-refractivity contribution in [3.05, 3.63) is 54.1 Å². The number of thioether (sulfide) groups is 1. The molecule has 4 rings (SSSR count). The van der Waals surface area contributed by atoms with E-state index in [0.29, 0.717) is 6.54 Å². The number of anilines is 3. The molecular weight excluding hydrogens is 356 g/mol. The number of hydrogen-bond donors (Lipinski definition) is 3. The first kappa shape index (κ1) is 17.9. The minimum atomic E-state index is -0.101. The summed E-state index contributed by atoms with van der Waals surface area (Å²) in [5.74, 6) is 3.26. The van der Waals surface area contributed by atoms with Gasteiger partial charge in [-0.3, -0.25) is 9.79 Å². The minimum absolute atomic E-state index is 0.0590. The summed E-state index contributed by atoms with van der Waals surface area (Å²) in [6.07, 6.45) is 2.14. The summed E-state index contributed by atoms with van der Waals surface area (Å²) in [4.78, 5) is 16.1. The van der Waals surface area contributed by atoms with Crippen LogP contribution in [0, 0.1) is 0 Å². The summed E-state index contributed by atoms with van der Waals surface area (Å²) in [5, 5.41) is 10.2. The van der Waals surface area contributed by atoms with E-state index in [1.807, 2.05) is 42.1 Å². The maximum absolute atomic E-state index is 11.2. The van der Waals surface area contributed by atoms with Gasteiger partial charge in [0.05, 0.1) is 23.5 Å². The van der Waals surface area contributed by atoms with E-state index in [-0.39, 0.29) is 11.4 Å². The lowest BCUT2D eigenvalue weighted by Gasteiger charge is -2.43. The third kappa shape index (κ3) is 3.95. The fourth-order valence-electron chi connectivity index (χ4n) is 3.60. The smallest absolute Gasteiger partial charge is 0.221 e. The number of fused-ring (bicyclic) bond motifs is 1. The van der Waals surface area contributed by atoms with Gasteiger partial charge in [-0.05, 0) is 54.2 Å². The molecule has 140 valence electrons. The van der Waals surface area contributed by atoms with Crippen LogP contribution in [-0.4, -0.2) is 28.8 Å². The molecule has 1 spiro atoms. The lowest BCUT2D eigenvalue weighted by molar-refractivity contribution is -0.114. The highest BCUT2D eigenvalue weighted by Crippen LogP contribution is 2.38. The van der Waals surface area contributed by atoms with Crippen molar-refractivity contribution in [1.29, 1.82) is 0 Å². The van der Waals surface area contributed by atoms with E-state index in [4.69, 9.17) is 4.99 Å². The molecule has 1 saturated heterocycles. The first-order chi connectivity index (χ1) is 13.1. The molecule has 1 amide bonds. The summed E-state index contributed by atoms with van der Waals surface area (Å²) in [5.41, 5.74) is 4.07. The van der Waals surface area contributed by atoms with Gasteiger partial charge in [-0.25, -0.2) is 0 Å². The maximum atomic E-state index is 11.2. The quantitative estimate of drug-likeness (QED) is 0.741. The molecule has 5 nitrogen and oxygen atoms in total. The number of amides is 1. The van der Waals surface area contributed by atoms with Crippen LogP contribution in [0.25, 0.3) is 0 Å². The van der Waals surface area contributed by atoms with Gasteiger partial charge >= 0.3 is 0 Å². The molecule has 2 aromatic carbocycles. The molecule has 2 aliphatic heterocycles. The van der Waals surface area contributed by atoms with Crippen LogP contribution >= 0.6 is 11.8 Å². The van der Waals surface area contributed by atoms with Crippen molar-refractivity contribution < 1.29 is 4.79 Å². The molecule has 6 heteroatoms. The predicted octanol–water partition coefficient (Wildman–Crippen LogP) is 4.35. The first-order valence-electron chi connectivity index (χ1n) is 9.28. The molecule has 2 heterocycles. The Bertz CT molecular complexity index is 857. The average Bonchev–Trinajstić information content (AvgIpc) is 2.68. The van der Waals surface area contributed by atoms with Gasteiger partial charge in [0.15, 0.2) is 0 Å². The van der Waals surface area contributed by atoms with Crippen molar-refractivity contribution in [2.45, 2.75) is 31.8 Å². The van der Waals surface area contributed by atoms with Gasteiger partial charge in [0.1, 0.15) is 5.84 Å². The van der Waals surface area contributed by atoms with Crippen molar-refractivity contribution in [3.63, 3.8) is 0 Å². The lowest BCUT2D eigenvalue weighted by Crippen LogP contribution is -2.54. The second-order valence-electron chi connectivity index (χ2n) is 7.03. The molecule has 1 fully saturated rings. The van der Waals surface area contributed by atoms with E-state index in [1.165, 1.54) is 6.92 Å². The van der Waals surface area contributed by atoms with Crippen LogP contribution < -0.4 is 16.0 Å². The van der Waals surface area contributed by atoms with Gasteiger partial charge in [0.2, 0.25) is 5.91 Å². The van der Waals surface area contributed by atoms with Crippen LogP contribution in [0.15, 0.2) is 53.5 Å². The number of hydrogen-bond acceptors (Lipinski definition) is 4. The maximum Gasteiger partial charge on any atom is 0.221 e. The third-order valence-electron chi connectivity index (χ3n) is 5.05. The number of rotatable bonds is 3. The third-order valence-corrected chi connectivity index (χ3v) is 6.03. The zero-order chi connectivity index (χ0) is 18.7. The average molecular weight is 381 g/mol. The topological polar surface area (TPSA) is 65.5 Å². The highest BCUT2D eigenvalue weighted by molar-refractivity contribution is 7.99. The number of benzene rings is 2. The number of nitrogens with zero attached hydrogens (tertiary/aromatic N) is 1. The van der Waals surface area contributed by atoms with E-state index in [9.17, 15) is 4.79 Å². The monoisotopic (exact) mass is 380 g/mol. The first-order valence-corrected chi connectivity index (χ1v) is 10.4. The molecule has 3 N–H and O–H groups in total. The van der Waals surface area contributed by atoms with Gasteiger partial charge < -0.3 is 16.0 Å². The number of carbonyl (C=O) groups excluding carboxylic acids is 1. The Hall–Kier alpha value is -2.47. The molecule has 0 saturated carbocycles. The molecule has 0 aromatic heterocycles. The SMILES string of the molecule is CC(=O)Nc1ccc(CN=C2Nc3ccccc3NC23CCSCC3)cc1. The van der Waals surface area contributed by atoms with Crippen LogP contribution in [0.3, 0.4) is 0 Å². The number of amidine groups is 1. The van der Waals surface area contributed by atoms with Gasteiger partial charge in [-0.1, -0.05) is 24.3 Å². The minimum Gasteiger partial charge on any atom is -0.371 e. The number of nitrogens with one attached hydrogen (secondary N) is 3. The van der Waals surface area contributed by atoms with E-state index in [0.717, 1.165) is 52.8 Å². The summed E-state index contributed by atoms with van der Waals surface area (Å²) >= 11 is 2.01. The number of carbonyl (C=O) groups is 1. The molecule has 0 unspecified atom stereocenters. The molecule has 0 radical (unpaired) electrons. The van der Waals surface area contributed by atoms with Crippen LogP contribution in [0.1, 0.15) is 25.3 Å². The fourth-order valence-corrected chi connectivity index (χ4v) is 4.79. The van der Waals surface area contributed by atoms with E-state index in [1.54, 1.807) is 0 Å². The molecule has 0 aliphatic carbocycles. The predicted molar refractivity (Wildman–Crippen MR) is 115 cm³/mol. The fraction of sp³-hybridized carbons (Fsp3) is 0.333. The Morgan fingerprint density at radius 3 is 2.52 bits per heavy atom. The van der Waals surface area contributed by atoms with Crippen molar-refractivity contribution >= 4 is 40.6 Å². The van der Waals surface area contributed by atoms with Gasteiger partial charge in [-0.15, -0.1) is 0 Å². The standard InChI is InChI=1S/C21H24N4OS/c1-15(26)23-17-8-6-16(7-9-17)14-22-20-21(10-12-27-13-11-21)25-19-5-3-2-4-18(19)24-20/h2-9,25H,10-14H2,1H3,(H,22,24)(H,23,26). The van der Waals surface area contributed by atoms with Crippen LogP contribution in [-0.2, 0) is 11.3 Å². The molecule has 0 bridgehead atoms. The largest absolute Gasteiger partial charge is 0.371 e. The molecule has 0 atom stereocenters. The Morgan fingerprint density at radius 2 is 1.81 bits per heavy atom. The summed E-state index contributed by atoms with van der Waals surface area (Å²) < 4.78 is 0. The molecule has 2 aromatic rings. The molecular formula is C21H24N4OS. The zero-order valence-electron chi connectivity index (χ0n) is 15.4. The van der Waals surface area contributed by atoms with E-state index in [2.05, 4.69) is 34.1 Å². The van der Waals surface area contributed by atoms with E-state index >= 15 is 0 Å². The Labute approximate surface area is 164 Å². The number of para-hydroxylation sites is 2. The normalized spacial score (nSPS) is 19.1. The Kier molecular flexibility index (Phi) is 5.07. The van der Waals surface area contributed by atoms with Crippen molar-refractivity contribution in [1.82, 2.24) is 0 Å². The van der Waals surface area contributed by atoms with Crippen molar-refractivity contribution in [2.75, 3.05) is 27.5 Å². The highest BCUT2D eigenvalue weighted by atomic mass is 32.2. The molecule has 27 heavy (non-hydrogen) atoms. The second-order valence-corrected chi connectivity index (χ2v) is 8.26. The van der Waals surface area contributed by atoms with Gasteiger partial charge in [0.25, 0.3) is 0 Å². The number of aliphatic imine (C=N–C) groups is 1. The second kappa shape index (κ2) is 7.64. The van der Waals surface area contributed by atoms with E-state index < -0.39 is 0 Å². The van der Waals surface area contributed by atoms with Gasteiger partial charge in [-0.2, -0.15) is 11.8 Å². The summed E-state index contributed by atoms with van der Waals surface area (Å²) in [7, 11) is 0.